The smallest absolute Gasteiger partial charge is 0.259 e. The van der Waals surface area contributed by atoms with E-state index >= 15 is 0 Å². The van der Waals surface area contributed by atoms with Gasteiger partial charge >= 0.3 is 0 Å². The molecule has 2 heterocycles. The van der Waals surface area contributed by atoms with Crippen LogP contribution in [0.5, 0.6) is 0 Å². The molecule has 1 N–H and O–H groups in total. The van der Waals surface area contributed by atoms with Crippen LogP contribution in [-0.4, -0.2) is 37.2 Å². The minimum absolute atomic E-state index is 0.157. The van der Waals surface area contributed by atoms with E-state index in [1.165, 1.54) is 12.1 Å². The van der Waals surface area contributed by atoms with Crippen LogP contribution in [0, 0.1) is 5.82 Å². The number of para-hydroxylation sites is 1. The van der Waals surface area contributed by atoms with Crippen molar-refractivity contribution >= 4 is 17.4 Å². The summed E-state index contributed by atoms with van der Waals surface area (Å²) in [4.78, 5) is 18.8. The van der Waals surface area contributed by atoms with E-state index in [9.17, 15) is 9.18 Å². The minimum Gasteiger partial charge on any atom is -0.378 e. The summed E-state index contributed by atoms with van der Waals surface area (Å²) >= 11 is 0. The zero-order chi connectivity index (χ0) is 15.4. The van der Waals surface area contributed by atoms with Crippen LogP contribution in [0.25, 0.3) is 0 Å². The molecular formula is C16H16FN3O2. The number of ether oxygens (including phenoxy) is 1. The molecule has 1 fully saturated rings. The highest BCUT2D eigenvalue weighted by Crippen LogP contribution is 2.21. The summed E-state index contributed by atoms with van der Waals surface area (Å²) < 4.78 is 19.0. The second-order valence-electron chi connectivity index (χ2n) is 4.91. The van der Waals surface area contributed by atoms with Crippen molar-refractivity contribution in [1.82, 2.24) is 4.98 Å². The fourth-order valence-corrected chi connectivity index (χ4v) is 2.35. The van der Waals surface area contributed by atoms with Crippen molar-refractivity contribution in [3.63, 3.8) is 0 Å². The van der Waals surface area contributed by atoms with Crippen LogP contribution in [0.15, 0.2) is 42.6 Å². The second-order valence-corrected chi connectivity index (χ2v) is 4.91. The maximum Gasteiger partial charge on any atom is 0.259 e. The summed E-state index contributed by atoms with van der Waals surface area (Å²) in [6.45, 7) is 2.56. The third-order valence-corrected chi connectivity index (χ3v) is 3.46. The van der Waals surface area contributed by atoms with Crippen molar-refractivity contribution in [3.05, 3.63) is 54.0 Å². The summed E-state index contributed by atoms with van der Waals surface area (Å²) in [6, 6.07) is 9.47. The van der Waals surface area contributed by atoms with E-state index in [1.807, 2.05) is 4.90 Å². The van der Waals surface area contributed by atoms with Gasteiger partial charge in [-0.2, -0.15) is 0 Å². The predicted molar refractivity (Wildman–Crippen MR) is 81.6 cm³/mol. The van der Waals surface area contributed by atoms with Crippen LogP contribution in [0.3, 0.4) is 0 Å². The van der Waals surface area contributed by atoms with Gasteiger partial charge in [0.1, 0.15) is 11.6 Å². The molecule has 0 atom stereocenters. The van der Waals surface area contributed by atoms with Gasteiger partial charge in [-0.05, 0) is 24.3 Å². The number of benzene rings is 1. The first kappa shape index (κ1) is 14.5. The molecule has 1 saturated heterocycles. The maximum absolute atomic E-state index is 13.7. The Morgan fingerprint density at radius 1 is 1.18 bits per heavy atom. The van der Waals surface area contributed by atoms with E-state index in [2.05, 4.69) is 10.3 Å². The molecule has 2 aromatic rings. The van der Waals surface area contributed by atoms with Crippen LogP contribution in [0.1, 0.15) is 10.4 Å². The average molecular weight is 301 g/mol. The molecule has 1 amide bonds. The number of hydrogen-bond acceptors (Lipinski definition) is 4. The summed E-state index contributed by atoms with van der Waals surface area (Å²) in [7, 11) is 0. The number of anilines is 2. The third kappa shape index (κ3) is 3.07. The topological polar surface area (TPSA) is 54.5 Å². The molecule has 114 valence electrons. The number of carbonyl (C=O) groups is 1. The van der Waals surface area contributed by atoms with Crippen LogP contribution in [0.4, 0.5) is 15.9 Å². The van der Waals surface area contributed by atoms with Crippen LogP contribution in [0.2, 0.25) is 0 Å². The Labute approximate surface area is 127 Å². The normalized spacial score (nSPS) is 14.7. The van der Waals surface area contributed by atoms with Gasteiger partial charge in [-0.3, -0.25) is 4.79 Å². The molecule has 22 heavy (non-hydrogen) atoms. The van der Waals surface area contributed by atoms with Gasteiger partial charge in [-0.15, -0.1) is 0 Å². The molecule has 6 heteroatoms. The molecule has 0 saturated carbocycles. The van der Waals surface area contributed by atoms with Crippen molar-refractivity contribution in [2.24, 2.45) is 0 Å². The molecule has 0 aliphatic carbocycles. The first-order valence-corrected chi connectivity index (χ1v) is 7.09. The molecule has 1 aromatic heterocycles. The van der Waals surface area contributed by atoms with Crippen LogP contribution >= 0.6 is 0 Å². The van der Waals surface area contributed by atoms with Crippen molar-refractivity contribution in [1.29, 1.82) is 0 Å². The lowest BCUT2D eigenvalue weighted by molar-refractivity contribution is 0.102. The van der Waals surface area contributed by atoms with Gasteiger partial charge < -0.3 is 15.0 Å². The van der Waals surface area contributed by atoms with Gasteiger partial charge in [0.05, 0.1) is 24.5 Å². The summed E-state index contributed by atoms with van der Waals surface area (Å²) in [5, 5.41) is 2.59. The number of pyridine rings is 1. The van der Waals surface area contributed by atoms with E-state index in [-0.39, 0.29) is 11.6 Å². The summed E-state index contributed by atoms with van der Waals surface area (Å²) in [5.74, 6) is -0.244. The number of nitrogens with zero attached hydrogens (tertiary/aromatic N) is 2. The zero-order valence-corrected chi connectivity index (χ0v) is 12.0. The average Bonchev–Trinajstić information content (AvgIpc) is 2.58. The number of nitrogens with one attached hydrogen (secondary N) is 1. The van der Waals surface area contributed by atoms with Crippen LogP contribution in [-0.2, 0) is 4.74 Å². The lowest BCUT2D eigenvalue weighted by atomic mass is 10.2. The molecule has 1 aliphatic heterocycles. The highest BCUT2D eigenvalue weighted by Gasteiger charge is 2.20. The van der Waals surface area contributed by atoms with Crippen molar-refractivity contribution in [2.45, 2.75) is 0 Å². The number of aromatic nitrogens is 1. The summed E-state index contributed by atoms with van der Waals surface area (Å²) in [5.41, 5.74) is 0.580. The quantitative estimate of drug-likeness (QED) is 0.945. The van der Waals surface area contributed by atoms with Crippen molar-refractivity contribution in [3.8, 4) is 0 Å². The highest BCUT2D eigenvalue weighted by atomic mass is 19.1. The highest BCUT2D eigenvalue weighted by molar-refractivity contribution is 6.07. The first-order valence-electron chi connectivity index (χ1n) is 7.09. The Kier molecular flexibility index (Phi) is 4.29. The van der Waals surface area contributed by atoms with E-state index in [1.54, 1.807) is 30.5 Å². The van der Waals surface area contributed by atoms with Crippen molar-refractivity contribution < 1.29 is 13.9 Å². The van der Waals surface area contributed by atoms with E-state index < -0.39 is 5.82 Å². The molecule has 0 bridgehead atoms. The number of amides is 1. The Hall–Kier alpha value is -2.47. The third-order valence-electron chi connectivity index (χ3n) is 3.46. The minimum atomic E-state index is -0.465. The standard InChI is InChI=1S/C16H16FN3O2/c17-13-5-1-2-6-14(13)19-16(21)12-4-3-7-18-15(12)20-8-10-22-11-9-20/h1-7H,8-11H2,(H,19,21). The van der Waals surface area contributed by atoms with E-state index in [0.29, 0.717) is 37.7 Å². The monoisotopic (exact) mass is 301 g/mol. The molecule has 0 unspecified atom stereocenters. The molecular weight excluding hydrogens is 285 g/mol. The predicted octanol–water partition coefficient (Wildman–Crippen LogP) is 2.31. The van der Waals surface area contributed by atoms with Gasteiger partial charge in [-0.1, -0.05) is 12.1 Å². The number of carbonyl (C=O) groups excluding carboxylic acids is 1. The fourth-order valence-electron chi connectivity index (χ4n) is 2.35. The molecule has 1 aliphatic rings. The molecule has 5 nitrogen and oxygen atoms in total. The molecule has 3 rings (SSSR count). The SMILES string of the molecule is O=C(Nc1ccccc1F)c1cccnc1N1CCOCC1. The molecule has 0 radical (unpaired) electrons. The Bertz CT molecular complexity index is 672. The maximum atomic E-state index is 13.7. The Balaban J connectivity index is 1.85. The number of morpholine rings is 1. The Morgan fingerprint density at radius 2 is 1.95 bits per heavy atom. The largest absolute Gasteiger partial charge is 0.378 e. The number of rotatable bonds is 3. The van der Waals surface area contributed by atoms with E-state index in [4.69, 9.17) is 4.74 Å². The fraction of sp³-hybridized carbons (Fsp3) is 0.250. The van der Waals surface area contributed by atoms with Gasteiger partial charge in [0.2, 0.25) is 0 Å². The lowest BCUT2D eigenvalue weighted by Gasteiger charge is -2.29. The van der Waals surface area contributed by atoms with Crippen molar-refractivity contribution in [2.75, 3.05) is 36.5 Å². The zero-order valence-electron chi connectivity index (χ0n) is 12.0. The van der Waals surface area contributed by atoms with Gasteiger partial charge in [0.15, 0.2) is 0 Å². The van der Waals surface area contributed by atoms with Gasteiger partial charge in [-0.25, -0.2) is 9.37 Å². The number of halogens is 1. The first-order chi connectivity index (χ1) is 10.8. The van der Waals surface area contributed by atoms with Gasteiger partial charge in [0.25, 0.3) is 5.91 Å². The van der Waals surface area contributed by atoms with E-state index in [0.717, 1.165) is 0 Å². The summed E-state index contributed by atoms with van der Waals surface area (Å²) in [6.07, 6.45) is 1.64. The van der Waals surface area contributed by atoms with Crippen LogP contribution < -0.4 is 10.2 Å². The Morgan fingerprint density at radius 3 is 2.73 bits per heavy atom. The lowest BCUT2D eigenvalue weighted by Crippen LogP contribution is -2.38. The second kappa shape index (κ2) is 6.53. The molecule has 1 aromatic carbocycles. The van der Waals surface area contributed by atoms with Gasteiger partial charge in [0, 0.05) is 19.3 Å². The molecule has 0 spiro atoms. The number of hydrogen-bond donors (Lipinski definition) is 1.